The summed E-state index contributed by atoms with van der Waals surface area (Å²) in [4.78, 5) is 33.2. The molecule has 2 aliphatic heterocycles. The molecule has 1 saturated heterocycles. The van der Waals surface area contributed by atoms with Crippen LogP contribution in [0.2, 0.25) is 0 Å². The van der Waals surface area contributed by atoms with Gasteiger partial charge in [-0.15, -0.1) is 11.8 Å². The topological polar surface area (TPSA) is 73.7 Å². The molecule has 31 heavy (non-hydrogen) atoms. The number of benzene rings is 1. The summed E-state index contributed by atoms with van der Waals surface area (Å²) in [5.74, 6) is 0.215. The van der Waals surface area contributed by atoms with Gasteiger partial charge in [-0.25, -0.2) is 0 Å². The fourth-order valence-electron chi connectivity index (χ4n) is 4.57. The van der Waals surface area contributed by atoms with Crippen molar-refractivity contribution < 1.29 is 14.7 Å². The maximum atomic E-state index is 12.2. The first-order valence-electron chi connectivity index (χ1n) is 10.9. The first kappa shape index (κ1) is 21.7. The number of fused-ring (bicyclic) bond motifs is 1. The van der Waals surface area contributed by atoms with Crippen molar-refractivity contribution in [2.24, 2.45) is 5.41 Å². The van der Waals surface area contributed by atoms with E-state index >= 15 is 0 Å². The average molecular weight is 440 g/mol. The van der Waals surface area contributed by atoms with Crippen LogP contribution in [0.4, 0.5) is 5.69 Å². The Balaban J connectivity index is 1.35. The molecule has 0 saturated carbocycles. The fraction of sp³-hybridized carbons (Fsp3) is 0.458. The highest BCUT2D eigenvalue weighted by atomic mass is 32.2. The number of rotatable bonds is 6. The number of carbonyl (C=O) groups is 2. The van der Waals surface area contributed by atoms with E-state index in [0.717, 1.165) is 42.4 Å². The monoisotopic (exact) mass is 439 g/mol. The summed E-state index contributed by atoms with van der Waals surface area (Å²) in [6.07, 6.45) is 6.42. The van der Waals surface area contributed by atoms with Gasteiger partial charge < -0.3 is 14.9 Å². The minimum absolute atomic E-state index is 0.116. The molecule has 6 nitrogen and oxygen atoms in total. The predicted molar refractivity (Wildman–Crippen MR) is 122 cm³/mol. The summed E-state index contributed by atoms with van der Waals surface area (Å²) in [5, 5.41) is 10.0. The van der Waals surface area contributed by atoms with Crippen molar-refractivity contribution in [3.05, 3.63) is 53.9 Å². The maximum absolute atomic E-state index is 12.2. The van der Waals surface area contributed by atoms with Crippen LogP contribution in [0.25, 0.3) is 0 Å². The largest absolute Gasteiger partial charge is 0.481 e. The van der Waals surface area contributed by atoms with E-state index in [4.69, 9.17) is 0 Å². The normalized spacial score (nSPS) is 17.8. The van der Waals surface area contributed by atoms with Gasteiger partial charge in [-0.3, -0.25) is 14.6 Å². The minimum Gasteiger partial charge on any atom is -0.481 e. The second kappa shape index (κ2) is 9.30. The molecule has 0 spiro atoms. The van der Waals surface area contributed by atoms with Crippen LogP contribution in [0.5, 0.6) is 0 Å². The fourth-order valence-corrected chi connectivity index (χ4v) is 5.69. The van der Waals surface area contributed by atoms with E-state index in [1.165, 1.54) is 11.1 Å². The Hall–Kier alpha value is -2.54. The maximum Gasteiger partial charge on any atom is 0.309 e. The summed E-state index contributed by atoms with van der Waals surface area (Å²) >= 11 is 1.72. The quantitative estimate of drug-likeness (QED) is 0.690. The number of piperidine rings is 1. The Kier molecular flexibility index (Phi) is 6.51. The number of hydrogen-bond donors (Lipinski definition) is 1. The van der Waals surface area contributed by atoms with Crippen LogP contribution in [0.15, 0.2) is 47.6 Å². The molecule has 7 heteroatoms. The molecule has 0 unspecified atom stereocenters. The zero-order valence-electron chi connectivity index (χ0n) is 17.9. The molecule has 164 valence electrons. The molecular formula is C24H29N3O3S. The molecule has 2 aromatic rings. The minimum atomic E-state index is -0.676. The molecule has 0 atom stereocenters. The van der Waals surface area contributed by atoms with Crippen LogP contribution >= 0.6 is 11.8 Å². The van der Waals surface area contributed by atoms with E-state index in [9.17, 15) is 14.7 Å². The van der Waals surface area contributed by atoms with Crippen molar-refractivity contribution in [1.82, 2.24) is 9.88 Å². The van der Waals surface area contributed by atoms with Gasteiger partial charge in [0.25, 0.3) is 0 Å². The van der Waals surface area contributed by atoms with Gasteiger partial charge in [0.2, 0.25) is 5.91 Å². The van der Waals surface area contributed by atoms with Crippen LogP contribution in [0.1, 0.15) is 37.3 Å². The van der Waals surface area contributed by atoms with Crippen molar-refractivity contribution >= 4 is 29.3 Å². The van der Waals surface area contributed by atoms with Crippen molar-refractivity contribution in [3.8, 4) is 0 Å². The van der Waals surface area contributed by atoms with Crippen molar-refractivity contribution in [2.45, 2.75) is 44.0 Å². The lowest BCUT2D eigenvalue weighted by Crippen LogP contribution is -2.44. The molecule has 1 fully saturated rings. The Morgan fingerprint density at radius 2 is 1.84 bits per heavy atom. The lowest BCUT2D eigenvalue weighted by molar-refractivity contribution is -0.150. The van der Waals surface area contributed by atoms with Crippen LogP contribution in [0, 0.1) is 5.41 Å². The smallest absolute Gasteiger partial charge is 0.309 e. The summed E-state index contributed by atoms with van der Waals surface area (Å²) in [5.41, 5.74) is 2.98. The highest BCUT2D eigenvalue weighted by Gasteiger charge is 2.41. The summed E-state index contributed by atoms with van der Waals surface area (Å²) < 4.78 is 0. The summed E-state index contributed by atoms with van der Waals surface area (Å²) in [6, 6.07) is 10.4. The molecule has 1 amide bonds. The zero-order chi connectivity index (χ0) is 21.8. The van der Waals surface area contributed by atoms with Crippen molar-refractivity contribution in [2.75, 3.05) is 30.3 Å². The molecule has 2 aliphatic rings. The third kappa shape index (κ3) is 4.87. The highest BCUT2D eigenvalue weighted by Crippen LogP contribution is 2.39. The lowest BCUT2D eigenvalue weighted by atomic mass is 9.76. The Morgan fingerprint density at radius 3 is 2.52 bits per heavy atom. The number of carboxylic acids is 1. The second-order valence-electron chi connectivity index (χ2n) is 8.50. The number of aromatic nitrogens is 1. The number of hydrogen-bond acceptors (Lipinski definition) is 5. The van der Waals surface area contributed by atoms with Crippen LogP contribution < -0.4 is 4.90 Å². The van der Waals surface area contributed by atoms with E-state index < -0.39 is 11.4 Å². The van der Waals surface area contributed by atoms with Gasteiger partial charge in [0.1, 0.15) is 0 Å². The third-order valence-electron chi connectivity index (χ3n) is 6.69. The number of amides is 1. The Morgan fingerprint density at radius 1 is 1.10 bits per heavy atom. The molecule has 0 bridgehead atoms. The van der Waals surface area contributed by atoms with Gasteiger partial charge in [0.15, 0.2) is 0 Å². The molecular weight excluding hydrogens is 410 g/mol. The van der Waals surface area contributed by atoms with Gasteiger partial charge in [-0.05, 0) is 66.8 Å². The van der Waals surface area contributed by atoms with Crippen LogP contribution in [-0.2, 0) is 22.6 Å². The molecule has 0 radical (unpaired) electrons. The van der Waals surface area contributed by atoms with E-state index in [2.05, 4.69) is 28.1 Å². The van der Waals surface area contributed by atoms with Gasteiger partial charge in [-0.2, -0.15) is 0 Å². The zero-order valence-corrected chi connectivity index (χ0v) is 18.7. The first-order valence-corrected chi connectivity index (χ1v) is 11.8. The second-order valence-corrected chi connectivity index (χ2v) is 9.67. The van der Waals surface area contributed by atoms with Gasteiger partial charge in [-0.1, -0.05) is 6.07 Å². The number of carboxylic acid groups (broad SMARTS) is 1. The van der Waals surface area contributed by atoms with E-state index in [1.54, 1.807) is 31.1 Å². The molecule has 0 aliphatic carbocycles. The number of aliphatic carboxylic acids is 1. The molecule has 1 aromatic carbocycles. The molecule has 1 N–H and O–H groups in total. The van der Waals surface area contributed by atoms with E-state index in [1.807, 2.05) is 17.0 Å². The van der Waals surface area contributed by atoms with E-state index in [-0.39, 0.29) is 5.91 Å². The number of anilines is 1. The summed E-state index contributed by atoms with van der Waals surface area (Å²) in [7, 11) is 0. The number of thioether (sulfide) groups is 1. The van der Waals surface area contributed by atoms with Gasteiger partial charge in [0.05, 0.1) is 5.41 Å². The lowest BCUT2D eigenvalue weighted by Gasteiger charge is -2.40. The number of nitrogens with zero attached hydrogens (tertiary/aromatic N) is 3. The molecule has 1 aromatic heterocycles. The third-order valence-corrected chi connectivity index (χ3v) is 7.68. The number of carbonyl (C=O) groups excluding carboxylic acids is 1. The first-order chi connectivity index (χ1) is 15.0. The van der Waals surface area contributed by atoms with Gasteiger partial charge >= 0.3 is 5.97 Å². The molecule has 3 heterocycles. The van der Waals surface area contributed by atoms with Crippen molar-refractivity contribution in [3.63, 3.8) is 0 Å². The summed E-state index contributed by atoms with van der Waals surface area (Å²) in [6.45, 7) is 4.58. The Labute approximate surface area is 187 Å². The highest BCUT2D eigenvalue weighted by molar-refractivity contribution is 7.99. The van der Waals surface area contributed by atoms with Crippen LogP contribution in [0.3, 0.4) is 0 Å². The van der Waals surface area contributed by atoms with Gasteiger partial charge in [0, 0.05) is 56.1 Å². The number of pyridine rings is 1. The molecule has 4 rings (SSSR count). The standard InChI is InChI=1S/C24H29N3O3S/c1-18(28)27-12-6-19-2-3-22(16-20(19)17-27)31-15-9-24(23(29)30)7-13-26(14-8-24)21-4-10-25-11-5-21/h2-5,10-11,16H,6-9,12-15,17H2,1H3,(H,29,30). The predicted octanol–water partition coefficient (Wildman–Crippen LogP) is 3.84. The van der Waals surface area contributed by atoms with Crippen molar-refractivity contribution in [1.29, 1.82) is 0 Å². The van der Waals surface area contributed by atoms with Crippen LogP contribution in [-0.4, -0.2) is 52.3 Å². The average Bonchev–Trinajstić information content (AvgIpc) is 2.79. The Bertz CT molecular complexity index is 942. The SMILES string of the molecule is CC(=O)N1CCc2ccc(SCCC3(C(=O)O)CCN(c4ccncc4)CC3)cc2C1. The van der Waals surface area contributed by atoms with E-state index in [0.29, 0.717) is 25.8 Å².